The molecule has 4 fully saturated rings. The zero-order chi connectivity index (χ0) is 22.6. The second kappa shape index (κ2) is 8.42. The summed E-state index contributed by atoms with van der Waals surface area (Å²) in [5.74, 6) is 4.14. The maximum atomic E-state index is 13.5. The van der Waals surface area contributed by atoms with Gasteiger partial charge in [-0.05, 0) is 79.4 Å². The summed E-state index contributed by atoms with van der Waals surface area (Å²) in [4.78, 5) is 13.5. The molecule has 3 nitrogen and oxygen atoms in total. The number of fused-ring (bicyclic) bond motifs is 5. The van der Waals surface area contributed by atoms with Crippen molar-refractivity contribution in [3.05, 3.63) is 0 Å². The first-order valence-corrected chi connectivity index (χ1v) is 13.3. The molecule has 0 heterocycles. The molecule has 4 aliphatic rings. The van der Waals surface area contributed by atoms with E-state index in [1.165, 1.54) is 44.9 Å². The first-order chi connectivity index (χ1) is 14.6. The Hall–Kier alpha value is -0.410. The van der Waals surface area contributed by atoms with E-state index >= 15 is 0 Å². The van der Waals surface area contributed by atoms with Gasteiger partial charge in [-0.2, -0.15) is 0 Å². The standard InChI is InChI=1S/C28H48O3/c1-18(2)8-7-9-19(3)22-10-11-23-21-16-25(29)28(30)17-20(31-6)12-15-27(28,5)24(21)13-14-26(22,23)4/h18-24,30H,7-17H2,1-6H3/t19-,20-,21+,22-,23+,24-,26-,27-,28+/m1/s1. The number of ketones is 1. The second-order valence-corrected chi connectivity index (χ2v) is 12.9. The van der Waals surface area contributed by atoms with Crippen LogP contribution < -0.4 is 0 Å². The lowest BCUT2D eigenvalue weighted by atomic mass is 9.42. The van der Waals surface area contributed by atoms with E-state index in [2.05, 4.69) is 34.6 Å². The van der Waals surface area contributed by atoms with Gasteiger partial charge in [-0.25, -0.2) is 0 Å². The van der Waals surface area contributed by atoms with Crippen LogP contribution in [0.3, 0.4) is 0 Å². The van der Waals surface area contributed by atoms with Crippen LogP contribution in [0.4, 0.5) is 0 Å². The van der Waals surface area contributed by atoms with E-state index in [0.717, 1.165) is 30.6 Å². The van der Waals surface area contributed by atoms with E-state index in [4.69, 9.17) is 4.74 Å². The Morgan fingerprint density at radius 2 is 1.77 bits per heavy atom. The fourth-order valence-electron chi connectivity index (χ4n) is 9.23. The molecule has 0 aromatic carbocycles. The summed E-state index contributed by atoms with van der Waals surface area (Å²) in [6.07, 6.45) is 12.2. The molecule has 31 heavy (non-hydrogen) atoms. The van der Waals surface area contributed by atoms with Crippen molar-refractivity contribution in [3.63, 3.8) is 0 Å². The molecule has 4 saturated carbocycles. The van der Waals surface area contributed by atoms with Crippen molar-refractivity contribution in [3.8, 4) is 0 Å². The largest absolute Gasteiger partial charge is 0.381 e. The van der Waals surface area contributed by atoms with Gasteiger partial charge in [0.25, 0.3) is 0 Å². The highest BCUT2D eigenvalue weighted by molar-refractivity contribution is 5.89. The Bertz CT molecular complexity index is 673. The third kappa shape index (κ3) is 3.65. The molecule has 0 saturated heterocycles. The Balaban J connectivity index is 1.53. The Kier molecular flexibility index (Phi) is 6.45. The van der Waals surface area contributed by atoms with E-state index in [9.17, 15) is 9.90 Å². The molecular weight excluding hydrogens is 384 g/mol. The summed E-state index contributed by atoms with van der Waals surface area (Å²) in [6, 6.07) is 0. The summed E-state index contributed by atoms with van der Waals surface area (Å²) in [7, 11) is 1.72. The van der Waals surface area contributed by atoms with Crippen LogP contribution in [-0.4, -0.2) is 29.7 Å². The highest BCUT2D eigenvalue weighted by Gasteiger charge is 2.67. The van der Waals surface area contributed by atoms with Gasteiger partial charge in [0.05, 0.1) is 6.10 Å². The maximum Gasteiger partial charge on any atom is 0.165 e. The minimum absolute atomic E-state index is 0.0231. The van der Waals surface area contributed by atoms with Crippen molar-refractivity contribution in [1.29, 1.82) is 0 Å². The van der Waals surface area contributed by atoms with Gasteiger partial charge < -0.3 is 9.84 Å². The van der Waals surface area contributed by atoms with E-state index in [-0.39, 0.29) is 17.3 Å². The SMILES string of the molecule is CO[C@@H]1CC[C@]2(C)[C@@H]3CC[C@]4(C)[C@@H]([C@H](C)CCCC(C)C)CC[C@H]4[C@@H]3CC(=O)[C@@]2(O)C1. The minimum atomic E-state index is -1.18. The Morgan fingerprint density at radius 1 is 1.03 bits per heavy atom. The van der Waals surface area contributed by atoms with Gasteiger partial charge in [0.1, 0.15) is 5.60 Å². The quantitative estimate of drug-likeness (QED) is 0.527. The number of aliphatic hydroxyl groups is 1. The molecule has 0 unspecified atom stereocenters. The summed E-state index contributed by atoms with van der Waals surface area (Å²) in [5, 5.41) is 11.7. The number of hydrogen-bond acceptors (Lipinski definition) is 3. The molecule has 3 heteroatoms. The third-order valence-electron chi connectivity index (χ3n) is 11.1. The zero-order valence-corrected chi connectivity index (χ0v) is 21.1. The summed E-state index contributed by atoms with van der Waals surface area (Å²) in [6.45, 7) is 12.0. The predicted molar refractivity (Wildman–Crippen MR) is 126 cm³/mol. The maximum absolute atomic E-state index is 13.5. The van der Waals surface area contributed by atoms with Gasteiger partial charge >= 0.3 is 0 Å². The summed E-state index contributed by atoms with van der Waals surface area (Å²) >= 11 is 0. The fraction of sp³-hybridized carbons (Fsp3) is 0.964. The molecule has 0 bridgehead atoms. The van der Waals surface area contributed by atoms with Gasteiger partial charge in [0.2, 0.25) is 0 Å². The van der Waals surface area contributed by atoms with Gasteiger partial charge in [0, 0.05) is 25.4 Å². The number of methoxy groups -OCH3 is 1. The lowest BCUT2D eigenvalue weighted by Gasteiger charge is -2.63. The van der Waals surface area contributed by atoms with Gasteiger partial charge in [0.15, 0.2) is 5.78 Å². The van der Waals surface area contributed by atoms with Crippen molar-refractivity contribution >= 4 is 5.78 Å². The normalized spacial score (nSPS) is 48.3. The van der Waals surface area contributed by atoms with E-state index in [1.54, 1.807) is 7.11 Å². The molecule has 0 amide bonds. The molecule has 0 aromatic heterocycles. The van der Waals surface area contributed by atoms with Crippen molar-refractivity contribution in [2.24, 2.45) is 46.3 Å². The minimum Gasteiger partial charge on any atom is -0.381 e. The van der Waals surface area contributed by atoms with Crippen molar-refractivity contribution < 1.29 is 14.6 Å². The first kappa shape index (κ1) is 23.7. The van der Waals surface area contributed by atoms with Crippen LogP contribution in [0, 0.1) is 46.3 Å². The molecule has 9 atom stereocenters. The monoisotopic (exact) mass is 432 g/mol. The van der Waals surface area contributed by atoms with E-state index in [0.29, 0.717) is 36.0 Å². The number of ether oxygens (including phenoxy) is 1. The number of Topliss-reactive ketones (excluding diaryl/α,β-unsaturated/α-hetero) is 1. The smallest absolute Gasteiger partial charge is 0.165 e. The Morgan fingerprint density at radius 3 is 2.45 bits per heavy atom. The third-order valence-corrected chi connectivity index (χ3v) is 11.1. The van der Waals surface area contributed by atoms with Crippen LogP contribution in [0.1, 0.15) is 105 Å². The van der Waals surface area contributed by atoms with Crippen LogP contribution in [0.2, 0.25) is 0 Å². The van der Waals surface area contributed by atoms with Gasteiger partial charge in [-0.3, -0.25) is 4.79 Å². The van der Waals surface area contributed by atoms with Crippen LogP contribution in [0.5, 0.6) is 0 Å². The van der Waals surface area contributed by atoms with Crippen LogP contribution in [0.25, 0.3) is 0 Å². The highest BCUT2D eigenvalue weighted by Crippen LogP contribution is 2.68. The number of hydrogen-bond donors (Lipinski definition) is 1. The Labute approximate surface area is 191 Å². The van der Waals surface area contributed by atoms with Crippen LogP contribution in [-0.2, 0) is 9.53 Å². The molecule has 1 N–H and O–H groups in total. The lowest BCUT2D eigenvalue weighted by molar-refractivity contribution is -0.215. The van der Waals surface area contributed by atoms with Crippen LogP contribution >= 0.6 is 0 Å². The lowest BCUT2D eigenvalue weighted by Crippen LogP contribution is -2.67. The highest BCUT2D eigenvalue weighted by atomic mass is 16.5. The first-order valence-electron chi connectivity index (χ1n) is 13.3. The molecule has 0 spiro atoms. The van der Waals surface area contributed by atoms with Gasteiger partial charge in [-0.1, -0.05) is 53.9 Å². The average Bonchev–Trinajstić information content (AvgIpc) is 3.06. The van der Waals surface area contributed by atoms with Crippen molar-refractivity contribution in [2.45, 2.75) is 117 Å². The van der Waals surface area contributed by atoms with E-state index in [1.807, 2.05) is 0 Å². The molecule has 0 radical (unpaired) electrons. The topological polar surface area (TPSA) is 46.5 Å². The molecule has 4 rings (SSSR count). The summed E-state index contributed by atoms with van der Waals surface area (Å²) in [5.41, 5.74) is -1.07. The molecular formula is C28H48O3. The number of rotatable bonds is 6. The summed E-state index contributed by atoms with van der Waals surface area (Å²) < 4.78 is 5.60. The molecule has 0 aliphatic heterocycles. The number of carbonyl (C=O) groups excluding carboxylic acids is 1. The van der Waals surface area contributed by atoms with E-state index < -0.39 is 5.60 Å². The fourth-order valence-corrected chi connectivity index (χ4v) is 9.23. The second-order valence-electron chi connectivity index (χ2n) is 12.9. The average molecular weight is 433 g/mol. The molecule has 0 aromatic rings. The van der Waals surface area contributed by atoms with Crippen molar-refractivity contribution in [1.82, 2.24) is 0 Å². The number of carbonyl (C=O) groups is 1. The zero-order valence-electron chi connectivity index (χ0n) is 21.1. The molecule has 4 aliphatic carbocycles. The van der Waals surface area contributed by atoms with Crippen molar-refractivity contribution in [2.75, 3.05) is 7.11 Å². The predicted octanol–water partition coefficient (Wildman–Crippen LogP) is 6.42. The molecule has 178 valence electrons. The van der Waals surface area contributed by atoms with Crippen LogP contribution in [0.15, 0.2) is 0 Å². The van der Waals surface area contributed by atoms with Gasteiger partial charge in [-0.15, -0.1) is 0 Å².